The lowest BCUT2D eigenvalue weighted by atomic mass is 9.90. The SMILES string of the molecule is Cc1cccc(C(C#Cc2ccc(CCCCCP(=O)(O)O)cc2-c2ccco2)Cc2ccc(C)c(C)c2)c1. The maximum Gasteiger partial charge on any atom is 0.325 e. The minimum Gasteiger partial charge on any atom is -0.464 e. The second-order valence-corrected chi connectivity index (χ2v) is 12.2. The van der Waals surface area contributed by atoms with Crippen molar-refractivity contribution in [3.8, 4) is 23.2 Å². The highest BCUT2D eigenvalue weighted by molar-refractivity contribution is 7.51. The molecule has 0 bridgehead atoms. The van der Waals surface area contributed by atoms with Gasteiger partial charge in [0.2, 0.25) is 0 Å². The quantitative estimate of drug-likeness (QED) is 0.121. The minimum absolute atomic E-state index is 0.0464. The van der Waals surface area contributed by atoms with Crippen molar-refractivity contribution < 1.29 is 18.8 Å². The summed E-state index contributed by atoms with van der Waals surface area (Å²) in [4.78, 5) is 18.2. The van der Waals surface area contributed by atoms with Gasteiger partial charge in [-0.25, -0.2) is 0 Å². The summed E-state index contributed by atoms with van der Waals surface area (Å²) >= 11 is 0. The first-order valence-electron chi connectivity index (χ1n) is 13.5. The Morgan fingerprint density at radius 3 is 2.38 bits per heavy atom. The molecule has 4 rings (SSSR count). The standard InChI is InChI=1S/C34H37O4P/c1-25-9-7-11-31(21-25)32(23-29-14-13-26(2)27(3)22-29)18-17-30-16-15-28(10-5-4-6-20-39(35,36)37)24-33(30)34-12-8-19-38-34/h7-9,11-16,19,21-22,24,32H,4-6,10,20,23H2,1-3H3,(H2,35,36,37). The molecule has 4 nitrogen and oxygen atoms in total. The van der Waals surface area contributed by atoms with Gasteiger partial charge in [-0.05, 0) is 98.5 Å². The zero-order valence-electron chi connectivity index (χ0n) is 23.0. The molecule has 1 atom stereocenters. The van der Waals surface area contributed by atoms with Crippen molar-refractivity contribution in [3.05, 3.63) is 118 Å². The molecule has 0 spiro atoms. The Morgan fingerprint density at radius 1 is 0.846 bits per heavy atom. The Kier molecular flexibility index (Phi) is 9.65. The molecule has 0 saturated carbocycles. The highest BCUT2D eigenvalue weighted by Gasteiger charge is 2.14. The van der Waals surface area contributed by atoms with Crippen molar-refractivity contribution in [1.29, 1.82) is 0 Å². The lowest BCUT2D eigenvalue weighted by molar-refractivity contribution is 0.371. The van der Waals surface area contributed by atoms with E-state index in [-0.39, 0.29) is 12.1 Å². The van der Waals surface area contributed by atoms with Crippen LogP contribution in [0, 0.1) is 32.6 Å². The van der Waals surface area contributed by atoms with Crippen LogP contribution in [-0.4, -0.2) is 15.9 Å². The molecule has 5 heteroatoms. The molecule has 39 heavy (non-hydrogen) atoms. The highest BCUT2D eigenvalue weighted by atomic mass is 31.2. The molecule has 0 fully saturated rings. The fourth-order valence-corrected chi connectivity index (χ4v) is 5.42. The molecule has 0 aliphatic rings. The molecular weight excluding hydrogens is 503 g/mol. The van der Waals surface area contributed by atoms with Crippen LogP contribution in [0.3, 0.4) is 0 Å². The highest BCUT2D eigenvalue weighted by Crippen LogP contribution is 2.35. The third-order valence-corrected chi connectivity index (χ3v) is 8.02. The van der Waals surface area contributed by atoms with Gasteiger partial charge in [-0.15, -0.1) is 0 Å². The Balaban J connectivity index is 1.60. The number of furan rings is 1. The van der Waals surface area contributed by atoms with Gasteiger partial charge < -0.3 is 14.2 Å². The summed E-state index contributed by atoms with van der Waals surface area (Å²) in [5.74, 6) is 7.91. The summed E-state index contributed by atoms with van der Waals surface area (Å²) in [6.07, 6.45) is 5.47. The van der Waals surface area contributed by atoms with Crippen LogP contribution >= 0.6 is 7.60 Å². The van der Waals surface area contributed by atoms with Crippen LogP contribution in [-0.2, 0) is 17.4 Å². The Hall–Kier alpha value is -3.35. The molecule has 0 amide bonds. The van der Waals surface area contributed by atoms with E-state index in [0.717, 1.165) is 48.1 Å². The second-order valence-electron chi connectivity index (χ2n) is 10.4. The topological polar surface area (TPSA) is 70.7 Å². The van der Waals surface area contributed by atoms with Crippen molar-refractivity contribution in [1.82, 2.24) is 0 Å². The van der Waals surface area contributed by atoms with E-state index in [2.05, 4.69) is 93.3 Å². The fraction of sp³-hybridized carbons (Fsp3) is 0.294. The van der Waals surface area contributed by atoms with Crippen molar-refractivity contribution in [3.63, 3.8) is 0 Å². The smallest absolute Gasteiger partial charge is 0.325 e. The van der Waals surface area contributed by atoms with E-state index < -0.39 is 7.60 Å². The third kappa shape index (κ3) is 8.57. The van der Waals surface area contributed by atoms with Crippen molar-refractivity contribution in [2.75, 3.05) is 6.16 Å². The van der Waals surface area contributed by atoms with Gasteiger partial charge >= 0.3 is 7.60 Å². The molecular formula is C34H37O4P. The van der Waals surface area contributed by atoms with Gasteiger partial charge in [0.15, 0.2) is 0 Å². The maximum atomic E-state index is 11.1. The van der Waals surface area contributed by atoms with Crippen molar-refractivity contribution in [2.24, 2.45) is 0 Å². The first-order chi connectivity index (χ1) is 18.7. The predicted octanol–water partition coefficient (Wildman–Crippen LogP) is 8.14. The monoisotopic (exact) mass is 540 g/mol. The number of aryl methyl sites for hydroxylation is 4. The largest absolute Gasteiger partial charge is 0.464 e. The van der Waals surface area contributed by atoms with Gasteiger partial charge in [0.1, 0.15) is 5.76 Å². The number of hydrogen-bond donors (Lipinski definition) is 2. The summed E-state index contributed by atoms with van der Waals surface area (Å²) in [5.41, 5.74) is 9.35. The number of rotatable bonds is 10. The minimum atomic E-state index is -3.92. The Bertz CT molecular complexity index is 1500. The Morgan fingerprint density at radius 2 is 1.67 bits per heavy atom. The molecule has 1 aromatic heterocycles. The number of unbranched alkanes of at least 4 members (excludes halogenated alkanes) is 2. The van der Waals surface area contributed by atoms with Crippen molar-refractivity contribution >= 4 is 7.60 Å². The van der Waals surface area contributed by atoms with Crippen LogP contribution in [0.4, 0.5) is 0 Å². The van der Waals surface area contributed by atoms with Gasteiger partial charge in [-0.1, -0.05) is 72.4 Å². The number of hydrogen-bond acceptors (Lipinski definition) is 2. The van der Waals surface area contributed by atoms with E-state index in [1.165, 1.54) is 27.8 Å². The van der Waals surface area contributed by atoms with Gasteiger partial charge in [0.05, 0.1) is 6.26 Å². The van der Waals surface area contributed by atoms with E-state index >= 15 is 0 Å². The normalized spacial score (nSPS) is 12.1. The predicted molar refractivity (Wildman–Crippen MR) is 159 cm³/mol. The summed E-state index contributed by atoms with van der Waals surface area (Å²) in [6, 6.07) is 25.4. The molecule has 0 aliphatic heterocycles. The van der Waals surface area contributed by atoms with Crippen LogP contribution in [0.2, 0.25) is 0 Å². The molecule has 202 valence electrons. The molecule has 4 aromatic rings. The first kappa shape index (κ1) is 28.7. The summed E-state index contributed by atoms with van der Waals surface area (Å²) in [7, 11) is -3.92. The average Bonchev–Trinajstić information content (AvgIpc) is 3.43. The molecule has 0 saturated heterocycles. The molecule has 0 aliphatic carbocycles. The van der Waals surface area contributed by atoms with Gasteiger partial charge in [0, 0.05) is 23.2 Å². The maximum absolute atomic E-state index is 11.1. The summed E-state index contributed by atoms with van der Waals surface area (Å²) in [6.45, 7) is 6.41. The lowest BCUT2D eigenvalue weighted by Gasteiger charge is -2.14. The number of benzene rings is 3. The summed E-state index contributed by atoms with van der Waals surface area (Å²) < 4.78 is 16.9. The second kappa shape index (κ2) is 13.1. The zero-order chi connectivity index (χ0) is 27.8. The zero-order valence-corrected chi connectivity index (χ0v) is 23.9. The van der Waals surface area contributed by atoms with E-state index in [0.29, 0.717) is 6.42 Å². The molecule has 1 unspecified atom stereocenters. The van der Waals surface area contributed by atoms with E-state index in [9.17, 15) is 4.57 Å². The van der Waals surface area contributed by atoms with Crippen LogP contribution in [0.15, 0.2) is 83.5 Å². The Labute approximate surface area is 232 Å². The first-order valence-corrected chi connectivity index (χ1v) is 15.3. The van der Waals surface area contributed by atoms with Crippen molar-refractivity contribution in [2.45, 2.75) is 58.8 Å². The van der Waals surface area contributed by atoms with Crippen LogP contribution in [0.25, 0.3) is 11.3 Å². The van der Waals surface area contributed by atoms with Crippen LogP contribution < -0.4 is 0 Å². The average molecular weight is 541 g/mol. The summed E-state index contributed by atoms with van der Waals surface area (Å²) in [5, 5.41) is 0. The van der Waals surface area contributed by atoms with Crippen LogP contribution in [0.1, 0.15) is 64.1 Å². The van der Waals surface area contributed by atoms with Crippen LogP contribution in [0.5, 0.6) is 0 Å². The van der Waals surface area contributed by atoms with E-state index in [1.54, 1.807) is 6.26 Å². The van der Waals surface area contributed by atoms with Gasteiger partial charge in [0.25, 0.3) is 0 Å². The van der Waals surface area contributed by atoms with E-state index in [4.69, 9.17) is 14.2 Å². The fourth-order valence-electron chi connectivity index (χ4n) is 4.79. The molecule has 3 aromatic carbocycles. The molecule has 1 heterocycles. The molecule has 2 N–H and O–H groups in total. The van der Waals surface area contributed by atoms with Gasteiger partial charge in [-0.3, -0.25) is 4.57 Å². The molecule has 0 radical (unpaired) electrons. The van der Waals surface area contributed by atoms with Gasteiger partial charge in [-0.2, -0.15) is 0 Å². The lowest BCUT2D eigenvalue weighted by Crippen LogP contribution is -2.02. The van der Waals surface area contributed by atoms with E-state index in [1.807, 2.05) is 12.1 Å². The third-order valence-electron chi connectivity index (χ3n) is 7.12.